The van der Waals surface area contributed by atoms with Crippen molar-refractivity contribution in [1.82, 2.24) is 14.7 Å². The quantitative estimate of drug-likeness (QED) is 0.917. The van der Waals surface area contributed by atoms with Crippen LogP contribution in [0.3, 0.4) is 0 Å². The average Bonchev–Trinajstić information content (AvgIpc) is 3.17. The summed E-state index contributed by atoms with van der Waals surface area (Å²) in [5.41, 5.74) is 7.92. The van der Waals surface area contributed by atoms with E-state index in [4.69, 9.17) is 10.5 Å². The molecule has 1 fully saturated rings. The molecule has 132 valence electrons. The number of primary amides is 1. The van der Waals surface area contributed by atoms with Gasteiger partial charge in [0, 0.05) is 24.7 Å². The van der Waals surface area contributed by atoms with E-state index in [2.05, 4.69) is 5.10 Å². The van der Waals surface area contributed by atoms with Gasteiger partial charge in [-0.05, 0) is 38.0 Å². The molecule has 1 saturated heterocycles. The molecule has 3 rings (SSSR count). The lowest BCUT2D eigenvalue weighted by atomic mass is 10.0. The Labute approximate surface area is 146 Å². The smallest absolute Gasteiger partial charge is 0.254 e. The number of likely N-dealkylation sites (tertiary alicyclic amines) is 1. The molecule has 1 aromatic heterocycles. The van der Waals surface area contributed by atoms with Crippen molar-refractivity contribution < 1.29 is 14.3 Å². The highest BCUT2D eigenvalue weighted by Crippen LogP contribution is 2.39. The molecule has 0 radical (unpaired) electrons. The van der Waals surface area contributed by atoms with Gasteiger partial charge in [0.2, 0.25) is 11.8 Å². The summed E-state index contributed by atoms with van der Waals surface area (Å²) in [7, 11) is 3.43. The van der Waals surface area contributed by atoms with Crippen LogP contribution in [0.4, 0.5) is 0 Å². The van der Waals surface area contributed by atoms with Gasteiger partial charge in [-0.15, -0.1) is 0 Å². The van der Waals surface area contributed by atoms with Gasteiger partial charge in [-0.3, -0.25) is 9.59 Å². The number of nitrogens with two attached hydrogens (primary N) is 1. The normalized spacial score (nSPS) is 16.9. The van der Waals surface area contributed by atoms with Crippen molar-refractivity contribution in [3.8, 4) is 5.88 Å². The Balaban J connectivity index is 1.96. The van der Waals surface area contributed by atoms with Crippen LogP contribution in [-0.4, -0.2) is 40.1 Å². The number of aryl methyl sites for hydroxylation is 2. The summed E-state index contributed by atoms with van der Waals surface area (Å²) in [6, 6.07) is 6.45. The number of methoxy groups -OCH3 is 1. The van der Waals surface area contributed by atoms with Crippen molar-refractivity contribution in [2.75, 3.05) is 13.7 Å². The highest BCUT2D eigenvalue weighted by molar-refractivity contribution is 5.99. The maximum absolute atomic E-state index is 13.0. The monoisotopic (exact) mass is 342 g/mol. The number of rotatable bonds is 4. The second-order valence-corrected chi connectivity index (χ2v) is 6.23. The molecule has 2 aromatic rings. The third-order valence-electron chi connectivity index (χ3n) is 4.65. The number of carbonyl (C=O) groups is 2. The molecular formula is C18H22N4O3. The third kappa shape index (κ3) is 2.97. The van der Waals surface area contributed by atoms with E-state index in [1.807, 2.05) is 18.9 Å². The van der Waals surface area contributed by atoms with Gasteiger partial charge in [-0.2, -0.15) is 5.10 Å². The summed E-state index contributed by atoms with van der Waals surface area (Å²) in [5.74, 6) is 0.0152. The van der Waals surface area contributed by atoms with Crippen LogP contribution in [0.5, 0.6) is 5.88 Å². The van der Waals surface area contributed by atoms with Crippen molar-refractivity contribution in [3.05, 3.63) is 46.6 Å². The Kier molecular flexibility index (Phi) is 4.48. The summed E-state index contributed by atoms with van der Waals surface area (Å²) in [6.07, 6.45) is 1.76. The molecule has 1 aromatic carbocycles. The van der Waals surface area contributed by atoms with E-state index in [-0.39, 0.29) is 11.9 Å². The molecule has 0 saturated carbocycles. The van der Waals surface area contributed by atoms with Crippen LogP contribution in [0.15, 0.2) is 24.3 Å². The minimum atomic E-state index is -0.544. The third-order valence-corrected chi connectivity index (χ3v) is 4.65. The number of carbonyl (C=O) groups excluding carboxylic acids is 2. The molecule has 2 amide bonds. The molecule has 25 heavy (non-hydrogen) atoms. The lowest BCUT2D eigenvalue weighted by molar-refractivity contribution is 0.0733. The maximum atomic E-state index is 13.0. The van der Waals surface area contributed by atoms with Crippen molar-refractivity contribution in [2.24, 2.45) is 12.8 Å². The van der Waals surface area contributed by atoms with E-state index in [0.29, 0.717) is 23.6 Å². The van der Waals surface area contributed by atoms with E-state index in [1.165, 1.54) is 0 Å². The Morgan fingerprint density at radius 1 is 1.32 bits per heavy atom. The van der Waals surface area contributed by atoms with Crippen LogP contribution < -0.4 is 10.5 Å². The van der Waals surface area contributed by atoms with Gasteiger partial charge < -0.3 is 15.4 Å². The molecule has 0 spiro atoms. The zero-order valence-corrected chi connectivity index (χ0v) is 14.7. The number of amides is 2. The largest absolute Gasteiger partial charge is 0.481 e. The maximum Gasteiger partial charge on any atom is 0.254 e. The molecule has 1 atom stereocenters. The van der Waals surface area contributed by atoms with Gasteiger partial charge in [0.15, 0.2) is 0 Å². The zero-order chi connectivity index (χ0) is 18.1. The van der Waals surface area contributed by atoms with Crippen molar-refractivity contribution >= 4 is 11.8 Å². The highest BCUT2D eigenvalue weighted by Gasteiger charge is 2.35. The van der Waals surface area contributed by atoms with Crippen LogP contribution in [0.2, 0.25) is 0 Å². The molecule has 0 unspecified atom stereocenters. The minimum Gasteiger partial charge on any atom is -0.481 e. The van der Waals surface area contributed by atoms with Gasteiger partial charge >= 0.3 is 0 Å². The topological polar surface area (TPSA) is 90.4 Å². The van der Waals surface area contributed by atoms with Crippen LogP contribution in [0.25, 0.3) is 0 Å². The first-order valence-corrected chi connectivity index (χ1v) is 8.22. The molecule has 7 nitrogen and oxygen atoms in total. The predicted octanol–water partition coefficient (Wildman–Crippen LogP) is 1.81. The molecule has 2 N–H and O–H groups in total. The first-order valence-electron chi connectivity index (χ1n) is 8.22. The second-order valence-electron chi connectivity index (χ2n) is 6.23. The van der Waals surface area contributed by atoms with E-state index in [9.17, 15) is 9.59 Å². The molecule has 0 bridgehead atoms. The van der Waals surface area contributed by atoms with Crippen molar-refractivity contribution in [1.29, 1.82) is 0 Å². The molecular weight excluding hydrogens is 320 g/mol. The summed E-state index contributed by atoms with van der Waals surface area (Å²) >= 11 is 0. The zero-order valence-electron chi connectivity index (χ0n) is 14.7. The number of ether oxygens (including phenoxy) is 1. The minimum absolute atomic E-state index is 0.0895. The van der Waals surface area contributed by atoms with Gasteiger partial charge in [-0.25, -0.2) is 4.68 Å². The SMILES string of the molecule is COc1c([C@H]2CCCN2C(=O)c2cccc(C(N)=O)c2)c(C)nn1C. The predicted molar refractivity (Wildman–Crippen MR) is 92.5 cm³/mol. The van der Waals surface area contributed by atoms with Gasteiger partial charge in [0.1, 0.15) is 0 Å². The van der Waals surface area contributed by atoms with Gasteiger partial charge in [-0.1, -0.05) is 6.07 Å². The van der Waals surface area contributed by atoms with Crippen LogP contribution >= 0.6 is 0 Å². The standard InChI is InChI=1S/C18H22N4O3/c1-11-15(18(25-3)21(2)20-11)14-8-5-9-22(14)17(24)13-7-4-6-12(10-13)16(19)23/h4,6-7,10,14H,5,8-9H2,1-3H3,(H2,19,23)/t14-/m1/s1. The summed E-state index contributed by atoms with van der Waals surface area (Å²) < 4.78 is 7.19. The Hall–Kier alpha value is -2.83. The first kappa shape index (κ1) is 17.0. The number of benzene rings is 1. The Morgan fingerprint density at radius 2 is 2.04 bits per heavy atom. The van der Waals surface area contributed by atoms with Crippen molar-refractivity contribution in [2.45, 2.75) is 25.8 Å². The lowest BCUT2D eigenvalue weighted by Crippen LogP contribution is -2.31. The Bertz CT molecular complexity index is 828. The van der Waals surface area contributed by atoms with Crippen molar-refractivity contribution in [3.63, 3.8) is 0 Å². The van der Waals surface area contributed by atoms with Gasteiger partial charge in [0.05, 0.1) is 24.4 Å². The van der Waals surface area contributed by atoms with E-state index >= 15 is 0 Å². The highest BCUT2D eigenvalue weighted by atomic mass is 16.5. The van der Waals surface area contributed by atoms with E-state index in [0.717, 1.165) is 24.1 Å². The summed E-state index contributed by atoms with van der Waals surface area (Å²) in [6.45, 7) is 2.58. The van der Waals surface area contributed by atoms with Gasteiger partial charge in [0.25, 0.3) is 5.91 Å². The number of hydrogen-bond acceptors (Lipinski definition) is 4. The molecule has 7 heteroatoms. The fourth-order valence-corrected chi connectivity index (χ4v) is 3.56. The number of hydrogen-bond donors (Lipinski definition) is 1. The summed E-state index contributed by atoms with van der Waals surface area (Å²) in [5, 5.41) is 4.42. The number of nitrogens with zero attached hydrogens (tertiary/aromatic N) is 3. The first-order chi connectivity index (χ1) is 11.9. The molecule has 1 aliphatic rings. The molecule has 0 aliphatic carbocycles. The fourth-order valence-electron chi connectivity index (χ4n) is 3.56. The van der Waals surface area contributed by atoms with E-state index < -0.39 is 5.91 Å². The molecule has 2 heterocycles. The van der Waals surface area contributed by atoms with Crippen LogP contribution in [0, 0.1) is 6.92 Å². The molecule has 1 aliphatic heterocycles. The lowest BCUT2D eigenvalue weighted by Gasteiger charge is -2.25. The van der Waals surface area contributed by atoms with E-state index in [1.54, 1.807) is 36.1 Å². The van der Waals surface area contributed by atoms with Crippen LogP contribution in [0.1, 0.15) is 50.9 Å². The summed E-state index contributed by atoms with van der Waals surface area (Å²) in [4.78, 5) is 26.2. The average molecular weight is 342 g/mol. The second kappa shape index (κ2) is 6.58. The van der Waals surface area contributed by atoms with Crippen LogP contribution in [-0.2, 0) is 7.05 Å². The Morgan fingerprint density at radius 3 is 2.72 bits per heavy atom. The fraction of sp³-hybridized carbons (Fsp3) is 0.389. The number of aromatic nitrogens is 2.